The Morgan fingerprint density at radius 2 is 2.05 bits per heavy atom. The van der Waals surface area contributed by atoms with E-state index in [1.165, 1.54) is 6.07 Å². The van der Waals surface area contributed by atoms with Gasteiger partial charge in [-0.05, 0) is 32.0 Å². The Morgan fingerprint density at radius 3 is 2.63 bits per heavy atom. The molecule has 1 aromatic rings. The number of carbonyl (C=O) groups excluding carboxylic acids is 1. The van der Waals surface area contributed by atoms with E-state index in [0.717, 1.165) is 25.9 Å². The molecule has 0 unspecified atom stereocenters. The van der Waals surface area contributed by atoms with Gasteiger partial charge in [0.05, 0.1) is 13.1 Å². The highest BCUT2D eigenvalue weighted by Crippen LogP contribution is 2.11. The van der Waals surface area contributed by atoms with Crippen molar-refractivity contribution in [2.24, 2.45) is 0 Å². The largest absolute Gasteiger partial charge is 0.475 e. The number of carbonyl (C=O) groups is 2. The van der Waals surface area contributed by atoms with Crippen LogP contribution in [0.3, 0.4) is 0 Å². The minimum atomic E-state index is -1.08. The van der Waals surface area contributed by atoms with Crippen LogP contribution in [-0.4, -0.2) is 53.5 Å². The molecule has 1 aromatic heterocycles. The van der Waals surface area contributed by atoms with Crippen LogP contribution in [0.5, 0.6) is 0 Å². The van der Waals surface area contributed by atoms with Crippen molar-refractivity contribution in [1.82, 2.24) is 9.80 Å². The molecule has 0 saturated carbocycles. The van der Waals surface area contributed by atoms with Crippen LogP contribution < -0.4 is 0 Å². The zero-order chi connectivity index (χ0) is 13.8. The van der Waals surface area contributed by atoms with Crippen molar-refractivity contribution in [3.05, 3.63) is 23.7 Å². The number of nitrogens with zero attached hydrogens (tertiary/aromatic N) is 2. The standard InChI is InChI=1S/C13H18N2O4/c1-14(9-12(16)15-6-2-3-7-15)8-10-4-5-11(19-10)13(17)18/h4-5H,2-3,6-9H2,1H3,(H,17,18). The van der Waals surface area contributed by atoms with Gasteiger partial charge in [-0.15, -0.1) is 0 Å². The molecule has 0 aliphatic carbocycles. The molecule has 1 aliphatic heterocycles. The number of hydrogen-bond donors (Lipinski definition) is 1. The molecule has 0 bridgehead atoms. The highest BCUT2D eigenvalue weighted by atomic mass is 16.4. The van der Waals surface area contributed by atoms with E-state index in [4.69, 9.17) is 9.52 Å². The zero-order valence-corrected chi connectivity index (χ0v) is 11.0. The zero-order valence-electron chi connectivity index (χ0n) is 11.0. The van der Waals surface area contributed by atoms with Crippen molar-refractivity contribution in [2.75, 3.05) is 26.7 Å². The van der Waals surface area contributed by atoms with Crippen molar-refractivity contribution in [3.8, 4) is 0 Å². The van der Waals surface area contributed by atoms with Gasteiger partial charge < -0.3 is 14.4 Å². The molecule has 6 nitrogen and oxygen atoms in total. The van der Waals surface area contributed by atoms with E-state index in [0.29, 0.717) is 18.8 Å². The van der Waals surface area contributed by atoms with Crippen molar-refractivity contribution < 1.29 is 19.1 Å². The Kier molecular flexibility index (Phi) is 4.21. The third-order valence-electron chi connectivity index (χ3n) is 3.16. The molecular weight excluding hydrogens is 248 g/mol. The Bertz CT molecular complexity index is 463. The van der Waals surface area contributed by atoms with Gasteiger partial charge in [-0.2, -0.15) is 0 Å². The van der Waals surface area contributed by atoms with Crippen molar-refractivity contribution in [1.29, 1.82) is 0 Å². The van der Waals surface area contributed by atoms with Gasteiger partial charge in [0.1, 0.15) is 5.76 Å². The summed E-state index contributed by atoms with van der Waals surface area (Å²) < 4.78 is 5.16. The number of hydrogen-bond acceptors (Lipinski definition) is 4. The molecule has 0 atom stereocenters. The summed E-state index contributed by atoms with van der Waals surface area (Å²) in [6.07, 6.45) is 2.16. The summed E-state index contributed by atoms with van der Waals surface area (Å²) in [5, 5.41) is 8.75. The Balaban J connectivity index is 1.84. The van der Waals surface area contributed by atoms with Gasteiger partial charge in [-0.1, -0.05) is 0 Å². The van der Waals surface area contributed by atoms with E-state index in [1.807, 2.05) is 16.8 Å². The first kappa shape index (κ1) is 13.6. The van der Waals surface area contributed by atoms with Gasteiger partial charge in [-0.25, -0.2) is 4.79 Å². The Morgan fingerprint density at radius 1 is 1.37 bits per heavy atom. The molecule has 1 N–H and O–H groups in total. The van der Waals surface area contributed by atoms with Crippen LogP contribution in [0.1, 0.15) is 29.2 Å². The fourth-order valence-electron chi connectivity index (χ4n) is 2.20. The van der Waals surface area contributed by atoms with Crippen LogP contribution >= 0.6 is 0 Å². The van der Waals surface area contributed by atoms with Crippen LogP contribution in [0.4, 0.5) is 0 Å². The summed E-state index contributed by atoms with van der Waals surface area (Å²) in [6.45, 7) is 2.43. The van der Waals surface area contributed by atoms with E-state index in [9.17, 15) is 9.59 Å². The summed E-state index contributed by atoms with van der Waals surface area (Å²) in [5.74, 6) is -0.490. The minimum absolute atomic E-state index is 0.0748. The summed E-state index contributed by atoms with van der Waals surface area (Å²) >= 11 is 0. The lowest BCUT2D eigenvalue weighted by Gasteiger charge is -2.20. The van der Waals surface area contributed by atoms with Gasteiger partial charge in [-0.3, -0.25) is 9.69 Å². The molecule has 1 aliphatic rings. The maximum absolute atomic E-state index is 11.9. The van der Waals surface area contributed by atoms with Gasteiger partial charge in [0.25, 0.3) is 0 Å². The number of likely N-dealkylation sites (N-methyl/N-ethyl adjacent to an activating group) is 1. The molecule has 0 aromatic carbocycles. The van der Waals surface area contributed by atoms with Crippen molar-refractivity contribution in [3.63, 3.8) is 0 Å². The van der Waals surface area contributed by atoms with Gasteiger partial charge >= 0.3 is 5.97 Å². The maximum Gasteiger partial charge on any atom is 0.371 e. The highest BCUT2D eigenvalue weighted by molar-refractivity contribution is 5.84. The van der Waals surface area contributed by atoms with Crippen LogP contribution in [0.2, 0.25) is 0 Å². The second kappa shape index (κ2) is 5.88. The first-order valence-corrected chi connectivity index (χ1v) is 6.34. The van der Waals surface area contributed by atoms with E-state index >= 15 is 0 Å². The number of carboxylic acid groups (broad SMARTS) is 1. The van der Waals surface area contributed by atoms with Crippen molar-refractivity contribution in [2.45, 2.75) is 19.4 Å². The van der Waals surface area contributed by atoms with Crippen molar-refractivity contribution >= 4 is 11.9 Å². The average molecular weight is 266 g/mol. The summed E-state index contributed by atoms with van der Waals surface area (Å²) in [4.78, 5) is 26.3. The molecule has 1 saturated heterocycles. The number of likely N-dealkylation sites (tertiary alicyclic amines) is 1. The molecule has 2 heterocycles. The monoisotopic (exact) mass is 266 g/mol. The SMILES string of the molecule is CN(CC(=O)N1CCCC1)Cc1ccc(C(=O)O)o1. The second-order valence-electron chi connectivity index (χ2n) is 4.83. The number of amides is 1. The molecular formula is C13H18N2O4. The second-order valence-corrected chi connectivity index (χ2v) is 4.83. The molecule has 0 radical (unpaired) electrons. The average Bonchev–Trinajstić information content (AvgIpc) is 2.98. The maximum atomic E-state index is 11.9. The summed E-state index contributed by atoms with van der Waals surface area (Å²) in [6, 6.07) is 3.05. The highest BCUT2D eigenvalue weighted by Gasteiger charge is 2.19. The Hall–Kier alpha value is -1.82. The fourth-order valence-corrected chi connectivity index (χ4v) is 2.20. The summed E-state index contributed by atoms with van der Waals surface area (Å²) in [7, 11) is 1.82. The molecule has 19 heavy (non-hydrogen) atoms. The first-order chi connectivity index (χ1) is 9.06. The molecule has 0 spiro atoms. The summed E-state index contributed by atoms with van der Waals surface area (Å²) in [5.41, 5.74) is 0. The van der Waals surface area contributed by atoms with E-state index in [2.05, 4.69) is 0 Å². The molecule has 6 heteroatoms. The minimum Gasteiger partial charge on any atom is -0.475 e. The molecule has 1 amide bonds. The fraction of sp³-hybridized carbons (Fsp3) is 0.538. The van der Waals surface area contributed by atoms with E-state index in [-0.39, 0.29) is 11.7 Å². The normalized spacial score (nSPS) is 15.2. The predicted octanol–water partition coefficient (Wildman–Crippen LogP) is 1.03. The van der Waals surface area contributed by atoms with Crippen LogP contribution in [0.15, 0.2) is 16.5 Å². The lowest BCUT2D eigenvalue weighted by molar-refractivity contribution is -0.131. The van der Waals surface area contributed by atoms with Gasteiger partial charge in [0.2, 0.25) is 11.7 Å². The number of furan rings is 1. The van der Waals surface area contributed by atoms with Gasteiger partial charge in [0, 0.05) is 13.1 Å². The lowest BCUT2D eigenvalue weighted by atomic mass is 10.4. The van der Waals surface area contributed by atoms with Crippen LogP contribution in [-0.2, 0) is 11.3 Å². The predicted molar refractivity (Wildman–Crippen MR) is 67.8 cm³/mol. The first-order valence-electron chi connectivity index (χ1n) is 6.34. The third kappa shape index (κ3) is 3.57. The van der Waals surface area contributed by atoms with E-state index in [1.54, 1.807) is 6.07 Å². The molecule has 2 rings (SSSR count). The number of rotatable bonds is 5. The van der Waals surface area contributed by atoms with Gasteiger partial charge in [0.15, 0.2) is 0 Å². The molecule has 1 fully saturated rings. The number of aromatic carboxylic acids is 1. The Labute approximate surface area is 111 Å². The quantitative estimate of drug-likeness (QED) is 0.861. The third-order valence-corrected chi connectivity index (χ3v) is 3.16. The smallest absolute Gasteiger partial charge is 0.371 e. The lowest BCUT2D eigenvalue weighted by Crippen LogP contribution is -2.36. The molecule has 104 valence electrons. The van der Waals surface area contributed by atoms with Crippen LogP contribution in [0, 0.1) is 0 Å². The van der Waals surface area contributed by atoms with E-state index < -0.39 is 5.97 Å². The van der Waals surface area contributed by atoms with Crippen LogP contribution in [0.25, 0.3) is 0 Å². The topological polar surface area (TPSA) is 74.0 Å². The number of carboxylic acids is 1.